The van der Waals surface area contributed by atoms with Gasteiger partial charge in [0.05, 0.1) is 4.88 Å². The fourth-order valence-electron chi connectivity index (χ4n) is 1.69. The van der Waals surface area contributed by atoms with E-state index < -0.39 is 11.9 Å². The Hall–Kier alpha value is -1.89. The lowest BCUT2D eigenvalue weighted by Gasteiger charge is -2.13. The topological polar surface area (TPSA) is 78.5 Å². The number of hydrogen-bond acceptors (Lipinski definition) is 4. The third kappa shape index (κ3) is 2.35. The molecule has 6 nitrogen and oxygen atoms in total. The molecule has 1 aromatic rings. The molecule has 0 spiro atoms. The Balaban J connectivity index is 2.07. The van der Waals surface area contributed by atoms with E-state index in [0.29, 0.717) is 4.88 Å². The van der Waals surface area contributed by atoms with Gasteiger partial charge in [-0.1, -0.05) is 6.92 Å². The fraction of sp³-hybridized carbons (Fsp3) is 0.364. The van der Waals surface area contributed by atoms with Crippen molar-refractivity contribution in [3.8, 4) is 0 Å². The first-order valence-electron chi connectivity index (χ1n) is 5.53. The molecule has 2 heterocycles. The molecule has 1 saturated heterocycles. The van der Waals surface area contributed by atoms with Crippen LogP contribution in [0.25, 0.3) is 0 Å². The number of nitrogens with one attached hydrogen (secondary N) is 2. The van der Waals surface area contributed by atoms with Crippen molar-refractivity contribution in [1.29, 1.82) is 0 Å². The highest BCUT2D eigenvalue weighted by atomic mass is 32.1. The van der Waals surface area contributed by atoms with Gasteiger partial charge in [0.1, 0.15) is 6.54 Å². The van der Waals surface area contributed by atoms with Gasteiger partial charge in [-0.05, 0) is 25.0 Å². The second-order valence-corrected chi connectivity index (χ2v) is 5.18. The number of hydrogen-bond donors (Lipinski definition) is 2. The van der Waals surface area contributed by atoms with Gasteiger partial charge < -0.3 is 0 Å². The van der Waals surface area contributed by atoms with Gasteiger partial charge in [-0.25, -0.2) is 9.80 Å². The maximum absolute atomic E-state index is 11.9. The van der Waals surface area contributed by atoms with Gasteiger partial charge in [-0.2, -0.15) is 0 Å². The van der Waals surface area contributed by atoms with E-state index in [1.54, 1.807) is 0 Å². The zero-order chi connectivity index (χ0) is 13.3. The molecule has 1 aliphatic heterocycles. The number of rotatable bonds is 3. The van der Waals surface area contributed by atoms with Gasteiger partial charge in [0.15, 0.2) is 0 Å². The van der Waals surface area contributed by atoms with Gasteiger partial charge in [0.25, 0.3) is 5.91 Å². The summed E-state index contributed by atoms with van der Waals surface area (Å²) in [7, 11) is 0. The van der Waals surface area contributed by atoms with Crippen LogP contribution in [0.1, 0.15) is 27.0 Å². The monoisotopic (exact) mass is 267 g/mol. The molecule has 96 valence electrons. The normalized spacial score (nSPS) is 14.9. The summed E-state index contributed by atoms with van der Waals surface area (Å²) in [6.07, 6.45) is 0.859. The first kappa shape index (κ1) is 12.6. The van der Waals surface area contributed by atoms with Gasteiger partial charge >= 0.3 is 6.03 Å². The van der Waals surface area contributed by atoms with E-state index >= 15 is 0 Å². The Labute approximate surface area is 108 Å². The van der Waals surface area contributed by atoms with Crippen molar-refractivity contribution < 1.29 is 14.4 Å². The second kappa shape index (κ2) is 4.77. The van der Waals surface area contributed by atoms with Crippen LogP contribution >= 0.6 is 11.3 Å². The molecule has 0 atom stereocenters. The van der Waals surface area contributed by atoms with Crippen molar-refractivity contribution >= 4 is 29.2 Å². The standard InChI is InChI=1S/C11H13N3O3S/c1-3-7-4-8(18-6(7)2)10(16)13-14-5-9(15)12-11(14)17/h4H,3,5H2,1-2H3,(H,13,16)(H,12,15,17). The molecule has 2 rings (SSSR count). The molecule has 4 amide bonds. The summed E-state index contributed by atoms with van der Waals surface area (Å²) in [5, 5.41) is 3.07. The minimum Gasteiger partial charge on any atom is -0.275 e. The lowest BCUT2D eigenvalue weighted by Crippen LogP contribution is -2.43. The third-order valence-corrected chi connectivity index (χ3v) is 3.75. The first-order valence-corrected chi connectivity index (χ1v) is 6.34. The summed E-state index contributed by atoms with van der Waals surface area (Å²) in [4.78, 5) is 35.8. The summed E-state index contributed by atoms with van der Waals surface area (Å²) >= 11 is 1.38. The van der Waals surface area contributed by atoms with Crippen molar-refractivity contribution in [2.75, 3.05) is 6.54 Å². The maximum atomic E-state index is 11.9. The van der Waals surface area contributed by atoms with Crippen LogP contribution in [0.4, 0.5) is 4.79 Å². The first-order chi connectivity index (χ1) is 8.51. The van der Waals surface area contributed by atoms with Gasteiger partial charge in [0, 0.05) is 4.88 Å². The number of hydrazine groups is 1. The minimum atomic E-state index is -0.600. The molecule has 0 bridgehead atoms. The van der Waals surface area contributed by atoms with E-state index in [1.807, 2.05) is 19.9 Å². The van der Waals surface area contributed by atoms with E-state index in [2.05, 4.69) is 10.7 Å². The zero-order valence-corrected chi connectivity index (χ0v) is 10.9. The number of imide groups is 1. The molecular weight excluding hydrogens is 254 g/mol. The second-order valence-electron chi connectivity index (χ2n) is 3.93. The summed E-state index contributed by atoms with van der Waals surface area (Å²) < 4.78 is 0. The number of nitrogens with zero attached hydrogens (tertiary/aromatic N) is 1. The lowest BCUT2D eigenvalue weighted by atomic mass is 10.2. The highest BCUT2D eigenvalue weighted by Gasteiger charge is 2.28. The van der Waals surface area contributed by atoms with Gasteiger partial charge in [-0.3, -0.25) is 20.3 Å². The van der Waals surface area contributed by atoms with Crippen LogP contribution in [0.5, 0.6) is 0 Å². The Bertz CT molecular complexity index is 524. The molecule has 1 aliphatic rings. The molecule has 1 fully saturated rings. The fourth-order valence-corrected chi connectivity index (χ4v) is 2.70. The number of urea groups is 1. The van der Waals surface area contributed by atoms with Crippen LogP contribution in [0.15, 0.2) is 6.07 Å². The van der Waals surface area contributed by atoms with E-state index in [9.17, 15) is 14.4 Å². The van der Waals surface area contributed by atoms with Crippen LogP contribution < -0.4 is 10.7 Å². The molecule has 18 heavy (non-hydrogen) atoms. The third-order valence-electron chi connectivity index (χ3n) is 2.66. The summed E-state index contributed by atoms with van der Waals surface area (Å²) in [5.41, 5.74) is 3.53. The minimum absolute atomic E-state index is 0.143. The van der Waals surface area contributed by atoms with E-state index in [1.165, 1.54) is 11.3 Å². The number of carbonyl (C=O) groups excluding carboxylic acids is 3. The summed E-state index contributed by atoms with van der Waals surface area (Å²) in [6, 6.07) is 1.21. The molecule has 0 radical (unpaired) electrons. The van der Waals surface area contributed by atoms with Gasteiger partial charge in [-0.15, -0.1) is 11.3 Å². The highest BCUT2D eigenvalue weighted by Crippen LogP contribution is 2.21. The Morgan fingerprint density at radius 1 is 1.56 bits per heavy atom. The zero-order valence-electron chi connectivity index (χ0n) is 10.1. The van der Waals surface area contributed by atoms with Crippen molar-refractivity contribution in [2.24, 2.45) is 0 Å². The Morgan fingerprint density at radius 3 is 2.78 bits per heavy atom. The molecule has 0 aromatic carbocycles. The average Bonchev–Trinajstić information content (AvgIpc) is 2.82. The van der Waals surface area contributed by atoms with Crippen molar-refractivity contribution in [3.63, 3.8) is 0 Å². The summed E-state index contributed by atoms with van der Waals surface area (Å²) in [6.45, 7) is 3.82. The Kier molecular flexibility index (Phi) is 3.33. The number of amides is 4. The molecular formula is C11H13N3O3S. The number of thiophene rings is 1. The number of carbonyl (C=O) groups is 3. The molecule has 2 N–H and O–H groups in total. The lowest BCUT2D eigenvalue weighted by molar-refractivity contribution is -0.118. The van der Waals surface area contributed by atoms with Crippen molar-refractivity contribution in [2.45, 2.75) is 20.3 Å². The summed E-state index contributed by atoms with van der Waals surface area (Å²) in [5.74, 6) is -0.787. The van der Waals surface area contributed by atoms with E-state index in [4.69, 9.17) is 0 Å². The molecule has 0 aliphatic carbocycles. The average molecular weight is 267 g/mol. The maximum Gasteiger partial charge on any atom is 0.343 e. The molecule has 7 heteroatoms. The van der Waals surface area contributed by atoms with Crippen LogP contribution in [0.2, 0.25) is 0 Å². The van der Waals surface area contributed by atoms with Crippen LogP contribution in [-0.2, 0) is 11.2 Å². The van der Waals surface area contributed by atoms with Crippen LogP contribution in [0.3, 0.4) is 0 Å². The molecule has 0 unspecified atom stereocenters. The predicted octanol–water partition coefficient (Wildman–Crippen LogP) is 0.816. The SMILES string of the molecule is CCc1cc(C(=O)NN2CC(=O)NC2=O)sc1C. The molecule has 0 saturated carbocycles. The van der Waals surface area contributed by atoms with E-state index in [0.717, 1.165) is 21.9 Å². The quantitative estimate of drug-likeness (QED) is 0.796. The van der Waals surface area contributed by atoms with Gasteiger partial charge in [0.2, 0.25) is 5.91 Å². The molecule has 1 aromatic heterocycles. The van der Waals surface area contributed by atoms with Crippen LogP contribution in [-0.4, -0.2) is 29.4 Å². The highest BCUT2D eigenvalue weighted by molar-refractivity contribution is 7.14. The smallest absolute Gasteiger partial charge is 0.275 e. The number of aryl methyl sites for hydroxylation is 2. The van der Waals surface area contributed by atoms with Crippen molar-refractivity contribution in [1.82, 2.24) is 15.8 Å². The largest absolute Gasteiger partial charge is 0.343 e. The van der Waals surface area contributed by atoms with Crippen molar-refractivity contribution in [3.05, 3.63) is 21.4 Å². The van der Waals surface area contributed by atoms with E-state index in [-0.39, 0.29) is 12.5 Å². The van der Waals surface area contributed by atoms with Crippen LogP contribution in [0, 0.1) is 6.92 Å². The Morgan fingerprint density at radius 2 is 2.28 bits per heavy atom. The predicted molar refractivity (Wildman–Crippen MR) is 66.1 cm³/mol.